The molecule has 2 rings (SSSR count). The summed E-state index contributed by atoms with van der Waals surface area (Å²) >= 11 is 5.91. The Morgan fingerprint density at radius 3 is 2.67 bits per heavy atom. The molecule has 0 spiro atoms. The third-order valence-corrected chi connectivity index (χ3v) is 3.03. The maximum Gasteiger partial charge on any atom is 0.119 e. The first-order valence-electron chi connectivity index (χ1n) is 5.75. The van der Waals surface area contributed by atoms with E-state index in [9.17, 15) is 5.11 Å². The minimum absolute atomic E-state index is 0.539. The lowest BCUT2D eigenvalue weighted by molar-refractivity contribution is 0.178. The van der Waals surface area contributed by atoms with E-state index >= 15 is 0 Å². The summed E-state index contributed by atoms with van der Waals surface area (Å²) in [6.45, 7) is 0. The highest BCUT2D eigenvalue weighted by Crippen LogP contribution is 2.23. The number of ether oxygens (including phenoxy) is 1. The zero-order chi connectivity index (χ0) is 13.0. The van der Waals surface area contributed by atoms with E-state index in [4.69, 9.17) is 16.3 Å². The number of benzene rings is 2. The molecule has 2 aromatic rings. The molecule has 2 nitrogen and oxygen atoms in total. The molecule has 0 fully saturated rings. The summed E-state index contributed by atoms with van der Waals surface area (Å²) in [4.78, 5) is 0. The molecule has 1 unspecified atom stereocenters. The summed E-state index contributed by atoms with van der Waals surface area (Å²) in [5.74, 6) is 0.797. The van der Waals surface area contributed by atoms with E-state index in [1.807, 2.05) is 36.4 Å². The van der Waals surface area contributed by atoms with Crippen LogP contribution in [0.2, 0.25) is 5.02 Å². The normalized spacial score (nSPS) is 12.2. The van der Waals surface area contributed by atoms with Gasteiger partial charge in [-0.3, -0.25) is 0 Å². The molecule has 0 aliphatic heterocycles. The third-order valence-electron chi connectivity index (χ3n) is 2.80. The van der Waals surface area contributed by atoms with E-state index in [0.717, 1.165) is 16.9 Å². The van der Waals surface area contributed by atoms with Crippen LogP contribution in [0.25, 0.3) is 0 Å². The standard InChI is InChI=1S/C15H15ClO2/c1-18-14-7-2-4-11(8-14)9-15(17)12-5-3-6-13(16)10-12/h2-8,10,15,17H,9H2,1H3. The summed E-state index contributed by atoms with van der Waals surface area (Å²) < 4.78 is 5.16. The van der Waals surface area contributed by atoms with Crippen molar-refractivity contribution < 1.29 is 9.84 Å². The molecule has 1 N–H and O–H groups in total. The fraction of sp³-hybridized carbons (Fsp3) is 0.200. The van der Waals surface area contributed by atoms with Crippen LogP contribution in [0.15, 0.2) is 48.5 Å². The lowest BCUT2D eigenvalue weighted by Gasteiger charge is -2.12. The Morgan fingerprint density at radius 2 is 1.94 bits per heavy atom. The summed E-state index contributed by atoms with van der Waals surface area (Å²) in [5.41, 5.74) is 1.85. The van der Waals surface area contributed by atoms with Crippen molar-refractivity contribution in [2.75, 3.05) is 7.11 Å². The van der Waals surface area contributed by atoms with Gasteiger partial charge in [-0.2, -0.15) is 0 Å². The van der Waals surface area contributed by atoms with Crippen LogP contribution in [0.3, 0.4) is 0 Å². The molecule has 94 valence electrons. The van der Waals surface area contributed by atoms with Crippen molar-refractivity contribution >= 4 is 11.6 Å². The van der Waals surface area contributed by atoms with Crippen molar-refractivity contribution in [1.82, 2.24) is 0 Å². The lowest BCUT2D eigenvalue weighted by atomic mass is 10.0. The van der Waals surface area contributed by atoms with Crippen LogP contribution in [0.4, 0.5) is 0 Å². The molecule has 0 heterocycles. The van der Waals surface area contributed by atoms with Gasteiger partial charge in [-0.15, -0.1) is 0 Å². The van der Waals surface area contributed by atoms with Gasteiger partial charge in [-0.05, 0) is 35.4 Å². The molecule has 0 bridgehead atoms. The third kappa shape index (κ3) is 3.25. The highest BCUT2D eigenvalue weighted by molar-refractivity contribution is 6.30. The zero-order valence-electron chi connectivity index (χ0n) is 10.1. The monoisotopic (exact) mass is 262 g/mol. The molecule has 0 saturated heterocycles. The number of hydrogen-bond donors (Lipinski definition) is 1. The first-order valence-corrected chi connectivity index (χ1v) is 6.13. The van der Waals surface area contributed by atoms with Crippen molar-refractivity contribution in [3.63, 3.8) is 0 Å². The van der Waals surface area contributed by atoms with E-state index in [1.165, 1.54) is 0 Å². The highest BCUT2D eigenvalue weighted by atomic mass is 35.5. The second-order valence-electron chi connectivity index (χ2n) is 4.13. The largest absolute Gasteiger partial charge is 0.497 e. The van der Waals surface area contributed by atoms with Crippen molar-refractivity contribution in [3.8, 4) is 5.75 Å². The van der Waals surface area contributed by atoms with Gasteiger partial charge in [-0.25, -0.2) is 0 Å². The summed E-state index contributed by atoms with van der Waals surface area (Å²) in [5, 5.41) is 10.8. The topological polar surface area (TPSA) is 29.5 Å². The van der Waals surface area contributed by atoms with Crippen molar-refractivity contribution in [2.24, 2.45) is 0 Å². The first-order chi connectivity index (χ1) is 8.69. The van der Waals surface area contributed by atoms with E-state index < -0.39 is 6.10 Å². The van der Waals surface area contributed by atoms with E-state index in [2.05, 4.69) is 0 Å². The molecule has 0 aliphatic rings. The molecule has 18 heavy (non-hydrogen) atoms. The quantitative estimate of drug-likeness (QED) is 0.912. The maximum atomic E-state index is 10.2. The second-order valence-corrected chi connectivity index (χ2v) is 4.56. The summed E-state index contributed by atoms with van der Waals surface area (Å²) in [6, 6.07) is 15.0. The molecule has 0 saturated carbocycles. The number of hydrogen-bond acceptors (Lipinski definition) is 2. The van der Waals surface area contributed by atoms with Crippen LogP contribution in [0.5, 0.6) is 5.75 Å². The highest BCUT2D eigenvalue weighted by Gasteiger charge is 2.09. The van der Waals surface area contributed by atoms with Crippen LogP contribution in [-0.2, 0) is 6.42 Å². The number of rotatable bonds is 4. The van der Waals surface area contributed by atoms with Crippen LogP contribution in [0, 0.1) is 0 Å². The van der Waals surface area contributed by atoms with Crippen molar-refractivity contribution in [2.45, 2.75) is 12.5 Å². The molecule has 0 radical (unpaired) electrons. The molecule has 2 aromatic carbocycles. The van der Waals surface area contributed by atoms with Gasteiger partial charge in [0.15, 0.2) is 0 Å². The van der Waals surface area contributed by atoms with E-state index in [1.54, 1.807) is 19.2 Å². The Kier molecular flexibility index (Phi) is 4.24. The zero-order valence-corrected chi connectivity index (χ0v) is 10.9. The first kappa shape index (κ1) is 12.9. The number of methoxy groups -OCH3 is 1. The van der Waals surface area contributed by atoms with E-state index in [-0.39, 0.29) is 0 Å². The number of halogens is 1. The van der Waals surface area contributed by atoms with Crippen LogP contribution in [-0.4, -0.2) is 12.2 Å². The number of aliphatic hydroxyl groups is 1. The predicted molar refractivity (Wildman–Crippen MR) is 73.1 cm³/mol. The van der Waals surface area contributed by atoms with Crippen LogP contribution >= 0.6 is 11.6 Å². The van der Waals surface area contributed by atoms with Gasteiger partial charge in [0, 0.05) is 11.4 Å². The van der Waals surface area contributed by atoms with Gasteiger partial charge < -0.3 is 9.84 Å². The van der Waals surface area contributed by atoms with Crippen molar-refractivity contribution in [1.29, 1.82) is 0 Å². The van der Waals surface area contributed by atoms with E-state index in [0.29, 0.717) is 11.4 Å². The minimum Gasteiger partial charge on any atom is -0.497 e. The second kappa shape index (κ2) is 5.89. The maximum absolute atomic E-state index is 10.2. The van der Waals surface area contributed by atoms with Gasteiger partial charge in [-0.1, -0.05) is 35.9 Å². The van der Waals surface area contributed by atoms with Crippen LogP contribution in [0.1, 0.15) is 17.2 Å². The SMILES string of the molecule is COc1cccc(CC(O)c2cccc(Cl)c2)c1. The Balaban J connectivity index is 2.13. The molecular weight excluding hydrogens is 248 g/mol. The molecule has 0 aliphatic carbocycles. The van der Waals surface area contributed by atoms with Gasteiger partial charge in [0.1, 0.15) is 5.75 Å². The van der Waals surface area contributed by atoms with Crippen molar-refractivity contribution in [3.05, 3.63) is 64.7 Å². The molecule has 0 amide bonds. The fourth-order valence-corrected chi connectivity index (χ4v) is 2.05. The van der Waals surface area contributed by atoms with Crippen LogP contribution < -0.4 is 4.74 Å². The van der Waals surface area contributed by atoms with Gasteiger partial charge in [0.2, 0.25) is 0 Å². The predicted octanol–water partition coefficient (Wildman–Crippen LogP) is 3.62. The smallest absolute Gasteiger partial charge is 0.119 e. The molecule has 3 heteroatoms. The molecular formula is C15H15ClO2. The Bertz CT molecular complexity index is 525. The lowest BCUT2D eigenvalue weighted by Crippen LogP contribution is -2.01. The minimum atomic E-state index is -0.559. The average molecular weight is 263 g/mol. The Hall–Kier alpha value is -1.51. The summed E-state index contributed by atoms with van der Waals surface area (Å²) in [7, 11) is 1.63. The summed E-state index contributed by atoms with van der Waals surface area (Å²) in [6.07, 6.45) is -0.0202. The van der Waals surface area contributed by atoms with Gasteiger partial charge >= 0.3 is 0 Å². The Labute approximate surface area is 112 Å². The molecule has 0 aromatic heterocycles. The van der Waals surface area contributed by atoms with Gasteiger partial charge in [0.05, 0.1) is 13.2 Å². The van der Waals surface area contributed by atoms with Gasteiger partial charge in [0.25, 0.3) is 0 Å². The fourth-order valence-electron chi connectivity index (χ4n) is 1.85. The average Bonchev–Trinajstić information content (AvgIpc) is 2.39. The number of aliphatic hydroxyl groups excluding tert-OH is 1. The Morgan fingerprint density at radius 1 is 1.17 bits per heavy atom. The molecule has 1 atom stereocenters.